The summed E-state index contributed by atoms with van der Waals surface area (Å²) in [4.78, 5) is 25.1. The van der Waals surface area contributed by atoms with E-state index in [2.05, 4.69) is 13.8 Å². The van der Waals surface area contributed by atoms with E-state index in [1.807, 2.05) is 0 Å². The van der Waals surface area contributed by atoms with E-state index in [1.54, 1.807) is 6.92 Å². The fourth-order valence-electron chi connectivity index (χ4n) is 7.76. The Kier molecular flexibility index (Phi) is 3.56. The third kappa shape index (κ3) is 1.99. The fraction of sp³-hybridized carbons (Fsp3) is 0.905. The van der Waals surface area contributed by atoms with E-state index >= 15 is 0 Å². The highest BCUT2D eigenvalue weighted by molar-refractivity contribution is 5.86. The molecule has 0 aromatic carbocycles. The van der Waals surface area contributed by atoms with Crippen LogP contribution in [0.5, 0.6) is 0 Å². The molecule has 0 aromatic rings. The average molecular weight is 316 g/mol. The summed E-state index contributed by atoms with van der Waals surface area (Å²) < 4.78 is 0. The van der Waals surface area contributed by atoms with Gasteiger partial charge in [0.2, 0.25) is 0 Å². The minimum Gasteiger partial charge on any atom is -0.300 e. The molecule has 2 nitrogen and oxygen atoms in total. The molecule has 0 aromatic heterocycles. The topological polar surface area (TPSA) is 34.1 Å². The molecule has 0 radical (unpaired) electrons. The van der Waals surface area contributed by atoms with Gasteiger partial charge in [-0.05, 0) is 87.4 Å². The summed E-state index contributed by atoms with van der Waals surface area (Å²) in [6.07, 6.45) is 10.4. The molecule has 0 N–H and O–H groups in total. The maximum atomic E-state index is 12.9. The van der Waals surface area contributed by atoms with Gasteiger partial charge in [0.15, 0.2) is 0 Å². The molecule has 0 heterocycles. The minimum atomic E-state index is -0.0448. The summed E-state index contributed by atoms with van der Waals surface area (Å²) in [5.41, 5.74) is 0.171. The maximum absolute atomic E-state index is 12.9. The van der Waals surface area contributed by atoms with Gasteiger partial charge in [-0.3, -0.25) is 9.59 Å². The zero-order valence-electron chi connectivity index (χ0n) is 15.1. The van der Waals surface area contributed by atoms with Crippen molar-refractivity contribution < 1.29 is 9.59 Å². The highest BCUT2D eigenvalue weighted by Crippen LogP contribution is 2.66. The van der Waals surface area contributed by atoms with Crippen molar-refractivity contribution in [3.05, 3.63) is 0 Å². The Bertz CT molecular complexity index is 538. The van der Waals surface area contributed by atoms with Crippen LogP contribution in [0.2, 0.25) is 0 Å². The first-order valence-corrected chi connectivity index (χ1v) is 9.92. The first kappa shape index (κ1) is 15.8. The van der Waals surface area contributed by atoms with E-state index in [4.69, 9.17) is 0 Å². The van der Waals surface area contributed by atoms with E-state index in [0.29, 0.717) is 35.2 Å². The lowest BCUT2D eigenvalue weighted by molar-refractivity contribution is -0.157. The van der Waals surface area contributed by atoms with E-state index < -0.39 is 0 Å². The van der Waals surface area contributed by atoms with Gasteiger partial charge < -0.3 is 0 Å². The van der Waals surface area contributed by atoms with Gasteiger partial charge in [-0.15, -0.1) is 0 Å². The fourth-order valence-corrected chi connectivity index (χ4v) is 7.76. The van der Waals surface area contributed by atoms with E-state index in [1.165, 1.54) is 38.5 Å². The van der Waals surface area contributed by atoms with Gasteiger partial charge in [0.1, 0.15) is 11.6 Å². The number of carbonyl (C=O) groups is 2. The van der Waals surface area contributed by atoms with Crippen molar-refractivity contribution in [3.8, 4) is 0 Å². The molecule has 7 atom stereocenters. The molecule has 1 unspecified atom stereocenters. The monoisotopic (exact) mass is 316 g/mol. The Balaban J connectivity index is 1.67. The van der Waals surface area contributed by atoms with E-state index in [9.17, 15) is 9.59 Å². The predicted molar refractivity (Wildman–Crippen MR) is 90.9 cm³/mol. The second kappa shape index (κ2) is 5.17. The van der Waals surface area contributed by atoms with Crippen LogP contribution in [0, 0.1) is 40.4 Å². The zero-order valence-corrected chi connectivity index (χ0v) is 15.1. The molecule has 4 rings (SSSR count). The largest absolute Gasteiger partial charge is 0.300 e. The number of fused-ring (bicyclic) bond motifs is 5. The standard InChI is InChI=1S/C21H32O2/c1-13(22)16-9-10-17-15-8-7-14-5-4-6-19(23)21(14,3)18(15)11-12-20(16,17)2/h14-18H,4-12H2,1-3H3/t14?,15-,16+,17-,18-,20+,21-/m0/s1. The Hall–Kier alpha value is -0.660. The number of carbonyl (C=O) groups excluding carboxylic acids is 2. The Morgan fingerprint density at radius 2 is 1.78 bits per heavy atom. The van der Waals surface area contributed by atoms with Crippen LogP contribution >= 0.6 is 0 Å². The summed E-state index contributed by atoms with van der Waals surface area (Å²) in [5.74, 6) is 3.86. The molecular formula is C21H32O2. The summed E-state index contributed by atoms with van der Waals surface area (Å²) in [6.45, 7) is 6.51. The highest BCUT2D eigenvalue weighted by atomic mass is 16.1. The minimum absolute atomic E-state index is 0.0448. The molecule has 0 saturated heterocycles. The van der Waals surface area contributed by atoms with Crippen LogP contribution in [-0.2, 0) is 9.59 Å². The third-order valence-electron chi connectivity index (χ3n) is 8.95. The quantitative estimate of drug-likeness (QED) is 0.696. The first-order valence-electron chi connectivity index (χ1n) is 9.92. The summed E-state index contributed by atoms with van der Waals surface area (Å²) in [5, 5.41) is 0. The van der Waals surface area contributed by atoms with Crippen molar-refractivity contribution in [1.29, 1.82) is 0 Å². The van der Waals surface area contributed by atoms with Crippen molar-refractivity contribution in [2.24, 2.45) is 40.4 Å². The zero-order chi connectivity index (χ0) is 16.4. The van der Waals surface area contributed by atoms with Crippen LogP contribution in [0.4, 0.5) is 0 Å². The number of hydrogen-bond donors (Lipinski definition) is 0. The second-order valence-corrected chi connectivity index (χ2v) is 9.53. The van der Waals surface area contributed by atoms with Gasteiger partial charge >= 0.3 is 0 Å². The third-order valence-corrected chi connectivity index (χ3v) is 8.95. The molecule has 23 heavy (non-hydrogen) atoms. The lowest BCUT2D eigenvalue weighted by Gasteiger charge is -2.59. The summed E-state index contributed by atoms with van der Waals surface area (Å²) in [7, 11) is 0. The van der Waals surface area contributed by atoms with E-state index in [-0.39, 0.29) is 16.7 Å². The average Bonchev–Trinajstić information content (AvgIpc) is 2.86. The van der Waals surface area contributed by atoms with Crippen molar-refractivity contribution >= 4 is 11.6 Å². The molecule has 0 bridgehead atoms. The van der Waals surface area contributed by atoms with Gasteiger partial charge in [-0.2, -0.15) is 0 Å². The van der Waals surface area contributed by atoms with Crippen LogP contribution in [0.15, 0.2) is 0 Å². The lowest BCUT2D eigenvalue weighted by Crippen LogP contribution is -2.56. The molecule has 4 saturated carbocycles. The van der Waals surface area contributed by atoms with Gasteiger partial charge in [0.25, 0.3) is 0 Å². The van der Waals surface area contributed by atoms with Gasteiger partial charge in [0.05, 0.1) is 0 Å². The Morgan fingerprint density at radius 1 is 1.00 bits per heavy atom. The van der Waals surface area contributed by atoms with Crippen LogP contribution in [-0.4, -0.2) is 11.6 Å². The molecule has 0 aliphatic heterocycles. The first-order chi connectivity index (χ1) is 10.9. The summed E-state index contributed by atoms with van der Waals surface area (Å²) in [6, 6.07) is 0. The second-order valence-electron chi connectivity index (χ2n) is 9.53. The molecule has 128 valence electrons. The van der Waals surface area contributed by atoms with Crippen molar-refractivity contribution in [1.82, 2.24) is 0 Å². The van der Waals surface area contributed by atoms with Crippen molar-refractivity contribution in [3.63, 3.8) is 0 Å². The smallest absolute Gasteiger partial charge is 0.139 e. The molecule has 2 heteroatoms. The van der Waals surface area contributed by atoms with Gasteiger partial charge in [-0.1, -0.05) is 13.8 Å². The van der Waals surface area contributed by atoms with Crippen LogP contribution < -0.4 is 0 Å². The predicted octanol–water partition coefficient (Wildman–Crippen LogP) is 4.80. The normalized spacial score (nSPS) is 52.5. The SMILES string of the molecule is CC(=O)[C@H]1CC[C@H]2[C@@H]3CCC4CCCC(=O)[C@]4(C)[C@H]3CC[C@]12C. The molecule has 4 fully saturated rings. The van der Waals surface area contributed by atoms with Crippen LogP contribution in [0.25, 0.3) is 0 Å². The van der Waals surface area contributed by atoms with Gasteiger partial charge in [-0.25, -0.2) is 0 Å². The van der Waals surface area contributed by atoms with Crippen molar-refractivity contribution in [2.75, 3.05) is 0 Å². The van der Waals surface area contributed by atoms with Crippen LogP contribution in [0.3, 0.4) is 0 Å². The molecule has 0 spiro atoms. The molecular weight excluding hydrogens is 284 g/mol. The lowest BCUT2D eigenvalue weighted by atomic mass is 9.44. The molecule has 4 aliphatic rings. The van der Waals surface area contributed by atoms with E-state index in [0.717, 1.165) is 19.3 Å². The number of hydrogen-bond acceptors (Lipinski definition) is 2. The van der Waals surface area contributed by atoms with Crippen molar-refractivity contribution in [2.45, 2.75) is 78.6 Å². The molecule has 4 aliphatic carbocycles. The molecule has 0 amide bonds. The Morgan fingerprint density at radius 3 is 2.52 bits per heavy atom. The maximum Gasteiger partial charge on any atom is 0.139 e. The van der Waals surface area contributed by atoms with Gasteiger partial charge in [0, 0.05) is 17.8 Å². The number of ketones is 2. The Labute approximate surface area is 140 Å². The summed E-state index contributed by atoms with van der Waals surface area (Å²) >= 11 is 0. The highest BCUT2D eigenvalue weighted by Gasteiger charge is 2.62. The van der Waals surface area contributed by atoms with Crippen LogP contribution in [0.1, 0.15) is 78.6 Å². The number of Topliss-reactive ketones (excluding diaryl/α,β-unsaturated/α-hetero) is 2. The number of rotatable bonds is 1.